The molecule has 27 heavy (non-hydrogen) atoms. The van der Waals surface area contributed by atoms with Gasteiger partial charge in [0, 0.05) is 17.5 Å². The van der Waals surface area contributed by atoms with Gasteiger partial charge in [-0.15, -0.1) is 11.3 Å². The van der Waals surface area contributed by atoms with Gasteiger partial charge in [0.15, 0.2) is 5.16 Å². The second-order valence-electron chi connectivity index (χ2n) is 7.64. The molecule has 0 aromatic carbocycles. The normalized spacial score (nSPS) is 22.9. The van der Waals surface area contributed by atoms with Gasteiger partial charge in [-0.1, -0.05) is 38.5 Å². The molecule has 0 aliphatic heterocycles. The zero-order valence-corrected chi connectivity index (χ0v) is 18.4. The molecule has 1 saturated carbocycles. The number of thiophene rings is 1. The van der Waals surface area contributed by atoms with Crippen LogP contribution in [0.25, 0.3) is 10.2 Å². The summed E-state index contributed by atoms with van der Waals surface area (Å²) in [6.07, 6.45) is 3.47. The fraction of sp³-hybridized carbons (Fsp3) is 0.650. The summed E-state index contributed by atoms with van der Waals surface area (Å²) in [7, 11) is 0. The zero-order valence-electron chi connectivity index (χ0n) is 16.8. The van der Waals surface area contributed by atoms with E-state index in [-0.39, 0.29) is 17.5 Å². The Hall–Kier alpha value is -1.34. The van der Waals surface area contributed by atoms with Crippen molar-refractivity contribution in [3.8, 4) is 0 Å². The lowest BCUT2D eigenvalue weighted by molar-refractivity contribution is -0.120. The summed E-state index contributed by atoms with van der Waals surface area (Å²) in [5.41, 5.74) is 1.02. The number of aryl methyl sites for hydroxylation is 2. The largest absolute Gasteiger partial charge is 0.352 e. The number of hydrogen-bond acceptors (Lipinski definition) is 5. The van der Waals surface area contributed by atoms with E-state index in [2.05, 4.69) is 19.2 Å². The summed E-state index contributed by atoms with van der Waals surface area (Å²) in [4.78, 5) is 32.0. The third-order valence-corrected chi connectivity index (χ3v) is 8.03. The molecule has 2 aromatic rings. The third kappa shape index (κ3) is 4.09. The first-order valence-corrected chi connectivity index (χ1v) is 11.6. The van der Waals surface area contributed by atoms with Crippen LogP contribution >= 0.6 is 23.1 Å². The van der Waals surface area contributed by atoms with E-state index in [1.54, 1.807) is 15.9 Å². The molecule has 0 radical (unpaired) electrons. The average molecular weight is 408 g/mol. The Morgan fingerprint density at radius 2 is 2.07 bits per heavy atom. The number of nitrogens with one attached hydrogen (secondary N) is 1. The highest BCUT2D eigenvalue weighted by Gasteiger charge is 2.28. The van der Waals surface area contributed by atoms with Crippen molar-refractivity contribution in [2.45, 2.75) is 71.6 Å². The molecule has 1 amide bonds. The van der Waals surface area contributed by atoms with Crippen LogP contribution in [0.4, 0.5) is 0 Å². The Balaban J connectivity index is 1.74. The first-order chi connectivity index (χ1) is 12.8. The van der Waals surface area contributed by atoms with Gasteiger partial charge in [0.1, 0.15) is 4.83 Å². The van der Waals surface area contributed by atoms with Crippen LogP contribution in [-0.4, -0.2) is 27.3 Å². The average Bonchev–Trinajstić information content (AvgIpc) is 2.91. The van der Waals surface area contributed by atoms with Crippen LogP contribution in [0.1, 0.15) is 50.5 Å². The highest BCUT2D eigenvalue weighted by Crippen LogP contribution is 2.30. The first-order valence-electron chi connectivity index (χ1n) is 9.76. The summed E-state index contributed by atoms with van der Waals surface area (Å²) >= 11 is 2.91. The molecule has 3 rings (SSSR count). The van der Waals surface area contributed by atoms with Gasteiger partial charge in [-0.25, -0.2) is 4.98 Å². The molecule has 5 nitrogen and oxygen atoms in total. The van der Waals surface area contributed by atoms with Crippen molar-refractivity contribution in [2.75, 3.05) is 5.75 Å². The fourth-order valence-corrected chi connectivity index (χ4v) is 5.81. The fourth-order valence-electron chi connectivity index (χ4n) is 3.86. The standard InChI is InChI=1S/C20H29N3O2S2/c1-6-23-19(25)17-13(4)14(5)27-18(17)22-20(23)26-10-16(24)21-15-9-7-8-11(2)12(15)3/h11-12,15H,6-10H2,1-5H3,(H,21,24)/t11-,12+,15-/m1/s1. The van der Waals surface area contributed by atoms with Crippen LogP contribution in [0.3, 0.4) is 0 Å². The van der Waals surface area contributed by atoms with E-state index in [1.165, 1.54) is 24.6 Å². The van der Waals surface area contributed by atoms with Gasteiger partial charge in [-0.2, -0.15) is 0 Å². The molecule has 1 fully saturated rings. The van der Waals surface area contributed by atoms with Crippen molar-refractivity contribution >= 4 is 39.2 Å². The summed E-state index contributed by atoms with van der Waals surface area (Å²) in [5, 5.41) is 4.56. The third-order valence-electron chi connectivity index (χ3n) is 5.96. The second kappa shape index (κ2) is 8.35. The Morgan fingerprint density at radius 1 is 1.33 bits per heavy atom. The van der Waals surface area contributed by atoms with Crippen LogP contribution in [0, 0.1) is 25.7 Å². The summed E-state index contributed by atoms with van der Waals surface area (Å²) < 4.78 is 1.69. The maximum absolute atomic E-state index is 12.9. The molecule has 148 valence electrons. The number of fused-ring (bicyclic) bond motifs is 1. The molecule has 1 aliphatic rings. The molecular weight excluding hydrogens is 378 g/mol. The van der Waals surface area contributed by atoms with Crippen LogP contribution in [0.5, 0.6) is 0 Å². The molecule has 2 heterocycles. The van der Waals surface area contributed by atoms with Crippen molar-refractivity contribution in [3.05, 3.63) is 20.8 Å². The van der Waals surface area contributed by atoms with Crippen molar-refractivity contribution < 1.29 is 4.79 Å². The highest BCUT2D eigenvalue weighted by atomic mass is 32.2. The topological polar surface area (TPSA) is 64.0 Å². The van der Waals surface area contributed by atoms with Crippen molar-refractivity contribution in [1.82, 2.24) is 14.9 Å². The molecule has 1 N–H and O–H groups in total. The van der Waals surface area contributed by atoms with E-state index >= 15 is 0 Å². The highest BCUT2D eigenvalue weighted by molar-refractivity contribution is 7.99. The lowest BCUT2D eigenvalue weighted by Crippen LogP contribution is -2.44. The van der Waals surface area contributed by atoms with Gasteiger partial charge >= 0.3 is 0 Å². The van der Waals surface area contributed by atoms with Crippen LogP contribution in [0.2, 0.25) is 0 Å². The SMILES string of the molecule is CCn1c(SCC(=O)N[C@@H]2CCC[C@@H](C)[C@@H]2C)nc2sc(C)c(C)c2c1=O. The number of hydrogen-bond donors (Lipinski definition) is 1. The van der Waals surface area contributed by atoms with E-state index in [9.17, 15) is 9.59 Å². The minimum atomic E-state index is 0.00184. The Bertz CT molecular complexity index is 903. The quantitative estimate of drug-likeness (QED) is 0.598. The Kier molecular flexibility index (Phi) is 6.31. The predicted molar refractivity (Wildman–Crippen MR) is 114 cm³/mol. The van der Waals surface area contributed by atoms with Gasteiger partial charge in [-0.05, 0) is 44.6 Å². The Labute approximate surface area is 169 Å². The van der Waals surface area contributed by atoms with E-state index in [0.717, 1.165) is 27.1 Å². The molecule has 0 saturated heterocycles. The number of carbonyl (C=O) groups excluding carboxylic acids is 1. The molecule has 0 bridgehead atoms. The van der Waals surface area contributed by atoms with E-state index in [1.807, 2.05) is 20.8 Å². The van der Waals surface area contributed by atoms with Gasteiger partial charge < -0.3 is 5.32 Å². The maximum Gasteiger partial charge on any atom is 0.263 e. The van der Waals surface area contributed by atoms with Gasteiger partial charge in [0.05, 0.1) is 11.1 Å². The monoisotopic (exact) mass is 407 g/mol. The number of amides is 1. The smallest absolute Gasteiger partial charge is 0.263 e. The lowest BCUT2D eigenvalue weighted by atomic mass is 9.78. The minimum absolute atomic E-state index is 0.00184. The summed E-state index contributed by atoms with van der Waals surface area (Å²) in [6.45, 7) is 11.0. The van der Waals surface area contributed by atoms with E-state index in [4.69, 9.17) is 4.98 Å². The van der Waals surface area contributed by atoms with Crippen LogP contribution < -0.4 is 10.9 Å². The summed E-state index contributed by atoms with van der Waals surface area (Å²) in [6, 6.07) is 0.258. The molecular formula is C20H29N3O2S2. The second-order valence-corrected chi connectivity index (χ2v) is 9.78. The van der Waals surface area contributed by atoms with Crippen LogP contribution in [0.15, 0.2) is 9.95 Å². The molecule has 0 spiro atoms. The van der Waals surface area contributed by atoms with Gasteiger partial charge in [0.25, 0.3) is 5.56 Å². The van der Waals surface area contributed by atoms with E-state index < -0.39 is 0 Å². The molecule has 2 aromatic heterocycles. The molecule has 0 unspecified atom stereocenters. The predicted octanol–water partition coefficient (Wildman–Crippen LogP) is 4.13. The summed E-state index contributed by atoms with van der Waals surface area (Å²) in [5.74, 6) is 1.48. The van der Waals surface area contributed by atoms with Crippen molar-refractivity contribution in [1.29, 1.82) is 0 Å². The van der Waals surface area contributed by atoms with Crippen LogP contribution in [-0.2, 0) is 11.3 Å². The Morgan fingerprint density at radius 3 is 2.78 bits per heavy atom. The van der Waals surface area contributed by atoms with Crippen molar-refractivity contribution in [3.63, 3.8) is 0 Å². The minimum Gasteiger partial charge on any atom is -0.352 e. The number of thioether (sulfide) groups is 1. The van der Waals surface area contributed by atoms with Crippen molar-refractivity contribution in [2.24, 2.45) is 11.8 Å². The van der Waals surface area contributed by atoms with E-state index in [0.29, 0.717) is 29.3 Å². The maximum atomic E-state index is 12.9. The number of aromatic nitrogens is 2. The first kappa shape index (κ1) is 20.4. The number of carbonyl (C=O) groups is 1. The number of nitrogens with zero attached hydrogens (tertiary/aromatic N) is 2. The lowest BCUT2D eigenvalue weighted by Gasteiger charge is -2.34. The number of rotatable bonds is 5. The molecule has 7 heteroatoms. The van der Waals surface area contributed by atoms with Gasteiger partial charge in [-0.3, -0.25) is 14.2 Å². The zero-order chi connectivity index (χ0) is 19.7. The molecule has 1 aliphatic carbocycles. The molecule has 3 atom stereocenters. The van der Waals surface area contributed by atoms with Gasteiger partial charge in [0.2, 0.25) is 5.91 Å².